The van der Waals surface area contributed by atoms with Gasteiger partial charge in [-0.25, -0.2) is 9.69 Å². The highest BCUT2D eigenvalue weighted by atomic mass is 16.6. The fourth-order valence-corrected chi connectivity index (χ4v) is 4.36. The number of carbonyl (C=O) groups is 2. The topological polar surface area (TPSA) is 74.3 Å². The standard InChI is InChI=1S/C28H37NO6/c1-4-8-26(34-19-22-11-13-24(32-2)14-12-22)18-25(33-3)15-16-27(30)29-23(20-35-28(29)31)17-21-9-6-5-7-10-21/h5-7,9-14,23,25-26H,4,8,15-20H2,1-3H3/t23-,25-,26-/m0/s1. The molecule has 2 aromatic rings. The highest BCUT2D eigenvalue weighted by molar-refractivity contribution is 5.93. The van der Waals surface area contributed by atoms with Gasteiger partial charge in [-0.15, -0.1) is 0 Å². The van der Waals surface area contributed by atoms with Crippen LogP contribution >= 0.6 is 0 Å². The summed E-state index contributed by atoms with van der Waals surface area (Å²) in [6, 6.07) is 17.4. The van der Waals surface area contributed by atoms with Crippen molar-refractivity contribution in [3.63, 3.8) is 0 Å². The van der Waals surface area contributed by atoms with Crippen LogP contribution in [0.2, 0.25) is 0 Å². The van der Waals surface area contributed by atoms with Gasteiger partial charge in [0.05, 0.1) is 32.0 Å². The van der Waals surface area contributed by atoms with E-state index in [1.807, 2.05) is 54.6 Å². The van der Waals surface area contributed by atoms with Crippen LogP contribution < -0.4 is 4.74 Å². The van der Waals surface area contributed by atoms with Gasteiger partial charge < -0.3 is 18.9 Å². The lowest BCUT2D eigenvalue weighted by molar-refractivity contribution is -0.130. The first-order valence-electron chi connectivity index (χ1n) is 12.3. The second-order valence-electron chi connectivity index (χ2n) is 8.89. The third-order valence-electron chi connectivity index (χ3n) is 6.34. The minimum absolute atomic E-state index is 0.0183. The van der Waals surface area contributed by atoms with Crippen molar-refractivity contribution in [1.29, 1.82) is 0 Å². The Kier molecular flexibility index (Phi) is 10.6. The number of benzene rings is 2. The van der Waals surface area contributed by atoms with Crippen LogP contribution in [0.15, 0.2) is 54.6 Å². The molecular formula is C28H37NO6. The Morgan fingerprint density at radius 1 is 1.03 bits per heavy atom. The van der Waals surface area contributed by atoms with Crippen LogP contribution in [0.3, 0.4) is 0 Å². The minimum atomic E-state index is -0.559. The Labute approximate surface area is 208 Å². The average molecular weight is 484 g/mol. The van der Waals surface area contributed by atoms with Gasteiger partial charge in [0.15, 0.2) is 0 Å². The van der Waals surface area contributed by atoms with E-state index in [1.165, 1.54) is 4.90 Å². The van der Waals surface area contributed by atoms with Crippen molar-refractivity contribution in [2.24, 2.45) is 0 Å². The first-order valence-corrected chi connectivity index (χ1v) is 12.3. The first-order chi connectivity index (χ1) is 17.0. The Morgan fingerprint density at radius 3 is 2.43 bits per heavy atom. The maximum Gasteiger partial charge on any atom is 0.416 e. The molecular weight excluding hydrogens is 446 g/mol. The van der Waals surface area contributed by atoms with E-state index in [0.717, 1.165) is 29.7 Å². The lowest BCUT2D eigenvalue weighted by Gasteiger charge is -2.24. The van der Waals surface area contributed by atoms with E-state index in [1.54, 1.807) is 14.2 Å². The fourth-order valence-electron chi connectivity index (χ4n) is 4.36. The third-order valence-corrected chi connectivity index (χ3v) is 6.34. The number of carbonyl (C=O) groups excluding carboxylic acids is 2. The summed E-state index contributed by atoms with van der Waals surface area (Å²) in [5, 5.41) is 0. The van der Waals surface area contributed by atoms with Crippen LogP contribution in [-0.2, 0) is 32.0 Å². The quantitative estimate of drug-likeness (QED) is 0.370. The number of hydrogen-bond acceptors (Lipinski definition) is 6. The average Bonchev–Trinajstić information content (AvgIpc) is 3.25. The largest absolute Gasteiger partial charge is 0.497 e. The molecule has 0 spiro atoms. The maximum absolute atomic E-state index is 13.0. The predicted molar refractivity (Wildman–Crippen MR) is 133 cm³/mol. The second kappa shape index (κ2) is 13.9. The molecule has 7 nitrogen and oxygen atoms in total. The van der Waals surface area contributed by atoms with E-state index >= 15 is 0 Å². The lowest BCUT2D eigenvalue weighted by Crippen LogP contribution is -2.40. The molecule has 3 atom stereocenters. The van der Waals surface area contributed by atoms with E-state index in [0.29, 0.717) is 25.9 Å². The van der Waals surface area contributed by atoms with Gasteiger partial charge in [0, 0.05) is 13.5 Å². The number of nitrogens with zero attached hydrogens (tertiary/aromatic N) is 1. The van der Waals surface area contributed by atoms with E-state index in [4.69, 9.17) is 18.9 Å². The van der Waals surface area contributed by atoms with Crippen molar-refractivity contribution in [1.82, 2.24) is 4.90 Å². The fraction of sp³-hybridized carbons (Fsp3) is 0.500. The highest BCUT2D eigenvalue weighted by Gasteiger charge is 2.37. The van der Waals surface area contributed by atoms with Gasteiger partial charge in [-0.1, -0.05) is 55.8 Å². The van der Waals surface area contributed by atoms with Gasteiger partial charge in [0.25, 0.3) is 0 Å². The van der Waals surface area contributed by atoms with E-state index in [2.05, 4.69) is 6.92 Å². The summed E-state index contributed by atoms with van der Waals surface area (Å²) in [5.74, 6) is 0.595. The van der Waals surface area contributed by atoms with Crippen LogP contribution in [0.4, 0.5) is 4.79 Å². The molecule has 35 heavy (non-hydrogen) atoms. The third kappa shape index (κ3) is 8.08. The van der Waals surface area contributed by atoms with Crippen LogP contribution in [-0.4, -0.2) is 56.0 Å². The van der Waals surface area contributed by atoms with Crippen molar-refractivity contribution in [2.75, 3.05) is 20.8 Å². The zero-order chi connectivity index (χ0) is 25.0. The summed E-state index contributed by atoms with van der Waals surface area (Å²) in [4.78, 5) is 26.5. The molecule has 1 saturated heterocycles. The monoisotopic (exact) mass is 483 g/mol. The molecule has 1 heterocycles. The molecule has 0 unspecified atom stereocenters. The summed E-state index contributed by atoms with van der Waals surface area (Å²) in [6.45, 7) is 2.86. The van der Waals surface area contributed by atoms with Crippen molar-refractivity contribution in [3.05, 3.63) is 65.7 Å². The molecule has 1 aliphatic heterocycles. The molecule has 1 fully saturated rings. The Morgan fingerprint density at radius 2 is 1.77 bits per heavy atom. The maximum atomic E-state index is 13.0. The molecule has 0 bridgehead atoms. The van der Waals surface area contributed by atoms with Crippen LogP contribution in [0, 0.1) is 0 Å². The molecule has 0 aromatic heterocycles. The Balaban J connectivity index is 1.51. The van der Waals surface area contributed by atoms with Gasteiger partial charge in [0.2, 0.25) is 5.91 Å². The predicted octanol–water partition coefficient (Wildman–Crippen LogP) is 5.16. The zero-order valence-electron chi connectivity index (χ0n) is 21.0. The molecule has 0 aliphatic carbocycles. The molecule has 7 heteroatoms. The molecule has 0 N–H and O–H groups in total. The molecule has 2 aromatic carbocycles. The number of amides is 2. The summed E-state index contributed by atoms with van der Waals surface area (Å²) in [6.07, 6.45) is 3.22. The van der Waals surface area contributed by atoms with E-state index < -0.39 is 6.09 Å². The Bertz CT molecular complexity index is 917. The Hall–Kier alpha value is -2.90. The van der Waals surface area contributed by atoms with Gasteiger partial charge in [-0.05, 0) is 48.9 Å². The molecule has 190 valence electrons. The summed E-state index contributed by atoms with van der Waals surface area (Å²) < 4.78 is 22.3. The summed E-state index contributed by atoms with van der Waals surface area (Å²) >= 11 is 0. The summed E-state index contributed by atoms with van der Waals surface area (Å²) in [7, 11) is 3.30. The van der Waals surface area contributed by atoms with Crippen LogP contribution in [0.1, 0.15) is 50.2 Å². The molecule has 0 radical (unpaired) electrons. The molecule has 2 amide bonds. The normalized spacial score (nSPS) is 17.2. The van der Waals surface area contributed by atoms with Crippen molar-refractivity contribution in [3.8, 4) is 5.75 Å². The smallest absolute Gasteiger partial charge is 0.416 e. The number of hydrogen-bond donors (Lipinski definition) is 0. The van der Waals surface area contributed by atoms with E-state index in [-0.39, 0.29) is 37.2 Å². The molecule has 3 rings (SSSR count). The second-order valence-corrected chi connectivity index (χ2v) is 8.89. The number of methoxy groups -OCH3 is 2. The van der Waals surface area contributed by atoms with E-state index in [9.17, 15) is 9.59 Å². The van der Waals surface area contributed by atoms with Gasteiger partial charge in [0.1, 0.15) is 12.4 Å². The SMILES string of the molecule is CCC[C@@H](C[C@H](CCC(=O)N1C(=O)OC[C@@H]1Cc1ccccc1)OC)OCc1ccc(OC)cc1. The highest BCUT2D eigenvalue weighted by Crippen LogP contribution is 2.22. The van der Waals surface area contributed by atoms with Gasteiger partial charge in [-0.3, -0.25) is 4.79 Å². The van der Waals surface area contributed by atoms with Gasteiger partial charge in [-0.2, -0.15) is 0 Å². The van der Waals surface area contributed by atoms with Crippen LogP contribution in [0.25, 0.3) is 0 Å². The molecule has 0 saturated carbocycles. The van der Waals surface area contributed by atoms with Crippen molar-refractivity contribution in [2.45, 2.75) is 70.3 Å². The van der Waals surface area contributed by atoms with Crippen LogP contribution in [0.5, 0.6) is 5.75 Å². The number of imide groups is 1. The van der Waals surface area contributed by atoms with Crippen molar-refractivity contribution < 1.29 is 28.5 Å². The lowest BCUT2D eigenvalue weighted by atomic mass is 10.0. The molecule has 1 aliphatic rings. The number of cyclic esters (lactones) is 1. The number of ether oxygens (including phenoxy) is 4. The number of rotatable bonds is 14. The van der Waals surface area contributed by atoms with Crippen molar-refractivity contribution >= 4 is 12.0 Å². The zero-order valence-corrected chi connectivity index (χ0v) is 21.0. The minimum Gasteiger partial charge on any atom is -0.497 e. The summed E-state index contributed by atoms with van der Waals surface area (Å²) in [5.41, 5.74) is 2.15. The van der Waals surface area contributed by atoms with Gasteiger partial charge >= 0.3 is 6.09 Å². The first kappa shape index (κ1) is 26.7.